The number of aliphatic hydroxyl groups excluding tert-OH is 3. The van der Waals surface area contributed by atoms with E-state index in [1.165, 1.54) is 6.92 Å². The predicted molar refractivity (Wildman–Crippen MR) is 422 cm³/mol. The van der Waals surface area contributed by atoms with Crippen molar-refractivity contribution in [3.05, 3.63) is 187 Å². The molecular formula is C68H79Cl6I2N19O12. The highest BCUT2D eigenvalue weighted by Crippen LogP contribution is 2.50. The van der Waals surface area contributed by atoms with Crippen molar-refractivity contribution in [2.45, 2.75) is 140 Å². The molecule has 0 bridgehead atoms. The Bertz CT molecular complexity index is 4540. The first-order valence-corrected chi connectivity index (χ1v) is 37.6. The van der Waals surface area contributed by atoms with Crippen LogP contribution >= 0.6 is 115 Å². The Morgan fingerprint density at radius 3 is 1.26 bits per heavy atom. The van der Waals surface area contributed by atoms with Gasteiger partial charge in [0.1, 0.15) is 23.5 Å². The molecule has 12 heterocycles. The standard InChI is InChI=1S/C12H16ClN5O2.C12H13ClN4O2.2C11H13ClINO2.C11H13ClN4O2.C11H11ClN4O2/c1-11(5-16-18-15)6-20-9-7(11)3-8(17-10(9)13)12(2,19)4-14;1-11(4-15-17-14)5-18-9-7(11)3-8(16-10(9)13)12(2)6-19-12;1-6(15)8-3-7-9(10(12)14-8)16-5-11(7,2)4-13;1-6(2)5-16-10-8(13)4-9(7(3)15)14-11(10)12;2*1-6(17)8-3-7-9(10(12)15-8)18-5-11(7,2)4-14-16-13/h3,19H,4-6,14H2,1-2H3;3H,4-6H2,1-2H3;3,6,15H,4-5H2,1-2H3;4,7,15H,1,5H2,2-3H3;3,6,17H,4-5H2,1-2H3;3H,4-5H2,1-2H3. The van der Waals surface area contributed by atoms with Crippen LogP contribution in [0.1, 0.15) is 168 Å². The fourth-order valence-corrected chi connectivity index (χ4v) is 14.0. The maximum atomic E-state index is 11.4. The van der Waals surface area contributed by atoms with Crippen molar-refractivity contribution in [1.82, 2.24) is 29.9 Å². The van der Waals surface area contributed by atoms with Gasteiger partial charge < -0.3 is 59.3 Å². The first-order valence-electron chi connectivity index (χ1n) is 32.7. The minimum absolute atomic E-state index is 0.0169. The molecule has 31 nitrogen and oxygen atoms in total. The van der Waals surface area contributed by atoms with Gasteiger partial charge in [0.15, 0.2) is 71.2 Å². The molecule has 10 atom stereocenters. The second-order valence-corrected chi connectivity index (χ2v) is 31.9. The summed E-state index contributed by atoms with van der Waals surface area (Å²) in [5.41, 5.74) is 44.3. The average molecular weight is 1820 g/mol. The molecule has 6 N–H and O–H groups in total. The molecule has 0 aliphatic carbocycles. The van der Waals surface area contributed by atoms with Crippen molar-refractivity contribution < 1.29 is 58.4 Å². The lowest BCUT2D eigenvalue weighted by Gasteiger charge is -2.24. The van der Waals surface area contributed by atoms with Gasteiger partial charge in [-0.05, 0) is 128 Å². The number of nitrogens with two attached hydrogens (primary N) is 1. The molecule has 0 saturated carbocycles. The van der Waals surface area contributed by atoms with Gasteiger partial charge in [0.25, 0.3) is 0 Å². The number of hydrogen-bond donors (Lipinski definition) is 5. The Hall–Kier alpha value is -6.69. The van der Waals surface area contributed by atoms with E-state index in [-0.39, 0.29) is 74.7 Å². The highest BCUT2D eigenvalue weighted by atomic mass is 127. The molecule has 6 aliphatic rings. The number of ketones is 1. The van der Waals surface area contributed by atoms with E-state index in [0.29, 0.717) is 120 Å². The summed E-state index contributed by atoms with van der Waals surface area (Å²) in [6.07, 6.45) is -1.96. The normalized spacial score (nSPS) is 22.9. The lowest BCUT2D eigenvalue weighted by atomic mass is 9.84. The van der Waals surface area contributed by atoms with Gasteiger partial charge in [0, 0.05) is 119 Å². The van der Waals surface area contributed by atoms with E-state index in [4.69, 9.17) is 131 Å². The van der Waals surface area contributed by atoms with Gasteiger partial charge in [-0.15, -0.1) is 0 Å². The predicted octanol–water partition coefficient (Wildman–Crippen LogP) is 16.7. The molecule has 0 spiro atoms. The second kappa shape index (κ2) is 36.4. The number of carbonyl (C=O) groups is 1. The quantitative estimate of drug-likeness (QED) is 0.00578. The SMILES string of the molecule is C=C(C)COc1c(I)cc(C(C)O)nc1Cl.CC(=O)c1cc2c(c(Cl)n1)OCC2(C)CN=[N+]=[N-].CC(O)(CN)c1cc2c(c(Cl)n1)OCC2(C)CN=[N+]=[N-].CC(O)c1cc2c(c(Cl)n1)OCC2(C)CI.CC(O)c1cc2c(c(Cl)n1)OCC2(C)CN=[N+]=[N-].CC1(CN=[N+]=[N-])COc2c1cc(C1(C)CO1)nc2Cl. The van der Waals surface area contributed by atoms with E-state index in [2.05, 4.69) is 129 Å². The summed E-state index contributed by atoms with van der Waals surface area (Å²) in [6, 6.07) is 10.7. The van der Waals surface area contributed by atoms with Crippen LogP contribution in [0.2, 0.25) is 30.9 Å². The summed E-state index contributed by atoms with van der Waals surface area (Å²) >= 11 is 40.8. The van der Waals surface area contributed by atoms with Crippen LogP contribution in [0.4, 0.5) is 0 Å². The third kappa shape index (κ3) is 20.7. The highest BCUT2D eigenvalue weighted by molar-refractivity contribution is 14.1. The molecule has 1 fully saturated rings. The van der Waals surface area contributed by atoms with Crippen molar-refractivity contribution in [3.8, 4) is 34.5 Å². The number of halogens is 8. The van der Waals surface area contributed by atoms with Gasteiger partial charge in [0.05, 0.1) is 90.0 Å². The Labute approximate surface area is 674 Å². The average Bonchev–Trinajstić information content (AvgIpc) is 1.59. The van der Waals surface area contributed by atoms with Gasteiger partial charge in [-0.25, -0.2) is 29.9 Å². The highest BCUT2D eigenvalue weighted by Gasteiger charge is 2.47. The summed E-state index contributed by atoms with van der Waals surface area (Å²) in [5, 5.41) is 54.8. The Kier molecular flexibility index (Phi) is 29.8. The summed E-state index contributed by atoms with van der Waals surface area (Å²) < 4.78 is 40.4. The van der Waals surface area contributed by atoms with Gasteiger partial charge in [-0.3, -0.25) is 4.79 Å². The number of aromatic nitrogens is 6. The molecule has 0 amide bonds. The number of pyridine rings is 6. The first kappa shape index (κ1) is 87.5. The molecule has 107 heavy (non-hydrogen) atoms. The second-order valence-electron chi connectivity index (χ2n) is 27.9. The topological polar surface area (TPSA) is 464 Å². The van der Waals surface area contributed by atoms with Crippen molar-refractivity contribution in [2.24, 2.45) is 26.2 Å². The molecule has 0 aromatic carbocycles. The Balaban J connectivity index is 0.000000179. The van der Waals surface area contributed by atoms with Crippen molar-refractivity contribution in [3.63, 3.8) is 0 Å². The largest absolute Gasteiger partial charge is 0.489 e. The monoisotopic (exact) mass is 1820 g/mol. The molecule has 0 radical (unpaired) electrons. The van der Waals surface area contributed by atoms with Gasteiger partial charge in [-0.1, -0.05) is 154 Å². The summed E-state index contributed by atoms with van der Waals surface area (Å²) in [7, 11) is 0. The van der Waals surface area contributed by atoms with Crippen LogP contribution in [-0.4, -0.2) is 140 Å². The zero-order valence-corrected chi connectivity index (χ0v) is 69.2. The summed E-state index contributed by atoms with van der Waals surface area (Å²) in [6.45, 7) is 29.7. The van der Waals surface area contributed by atoms with Gasteiger partial charge in [0.2, 0.25) is 0 Å². The van der Waals surface area contributed by atoms with Crippen molar-refractivity contribution >= 4 is 121 Å². The lowest BCUT2D eigenvalue weighted by Crippen LogP contribution is -2.33. The smallest absolute Gasteiger partial charge is 0.178 e. The number of epoxide rings is 1. The van der Waals surface area contributed by atoms with E-state index >= 15 is 0 Å². The minimum Gasteiger partial charge on any atom is -0.489 e. The molecule has 1 saturated heterocycles. The first-order chi connectivity index (χ1) is 50.2. The van der Waals surface area contributed by atoms with Crippen LogP contribution in [0.15, 0.2) is 69.0 Å². The number of Topliss-reactive ketones (excluding diaryl/α,β-unsaturated/α-hetero) is 1. The zero-order chi connectivity index (χ0) is 79.5. The van der Waals surface area contributed by atoms with Crippen LogP contribution in [0, 0.1) is 3.57 Å². The number of carbonyl (C=O) groups excluding carboxylic acids is 1. The van der Waals surface area contributed by atoms with Crippen molar-refractivity contribution in [1.29, 1.82) is 0 Å². The molecule has 10 unspecified atom stereocenters. The van der Waals surface area contributed by atoms with Crippen molar-refractivity contribution in [2.75, 3.05) is 83.4 Å². The third-order valence-electron chi connectivity index (χ3n) is 17.9. The third-order valence-corrected chi connectivity index (χ3v) is 22.0. The maximum Gasteiger partial charge on any atom is 0.178 e. The number of aliphatic hydroxyl groups is 4. The number of azide groups is 4. The molecular weight excluding hydrogens is 1740 g/mol. The Morgan fingerprint density at radius 2 is 0.907 bits per heavy atom. The van der Waals surface area contributed by atoms with E-state index < -0.39 is 40.2 Å². The summed E-state index contributed by atoms with van der Waals surface area (Å²) in [4.78, 5) is 47.2. The van der Waals surface area contributed by atoms with Gasteiger partial charge >= 0.3 is 0 Å². The number of rotatable bonds is 19. The Morgan fingerprint density at radius 1 is 0.570 bits per heavy atom. The maximum absolute atomic E-state index is 11.4. The lowest BCUT2D eigenvalue weighted by molar-refractivity contribution is 0.0620. The molecule has 39 heteroatoms. The minimum atomic E-state index is -1.28. The zero-order valence-electron chi connectivity index (χ0n) is 60.3. The van der Waals surface area contributed by atoms with Gasteiger partial charge in [-0.2, -0.15) is 0 Å². The molecule has 574 valence electrons. The van der Waals surface area contributed by atoms with Crippen LogP contribution in [0.25, 0.3) is 41.8 Å². The van der Waals surface area contributed by atoms with E-state index in [1.807, 2.05) is 53.7 Å². The molecule has 6 aromatic heterocycles. The number of ether oxygens (including phenoxy) is 7. The van der Waals surface area contributed by atoms with Crippen LogP contribution in [0.5, 0.6) is 34.5 Å². The van der Waals surface area contributed by atoms with Crippen LogP contribution in [-0.2, 0) is 43.0 Å². The number of fused-ring (bicyclic) bond motifs is 5. The van der Waals surface area contributed by atoms with E-state index in [0.717, 1.165) is 47.1 Å². The fourth-order valence-electron chi connectivity index (χ4n) is 11.0. The van der Waals surface area contributed by atoms with E-state index in [9.17, 15) is 25.2 Å². The van der Waals surface area contributed by atoms with Crippen LogP contribution in [0.3, 0.4) is 0 Å². The molecule has 12 rings (SSSR count). The fraction of sp³-hybridized carbons (Fsp3) is 0.515. The molecule has 6 aliphatic heterocycles. The number of hydrogen-bond acceptors (Lipinski definition) is 23. The number of alkyl halides is 1. The van der Waals surface area contributed by atoms with E-state index in [1.54, 1.807) is 52.0 Å². The summed E-state index contributed by atoms with van der Waals surface area (Å²) in [5.74, 6) is 3.08. The molecule has 6 aromatic rings. The number of nitrogens with zero attached hydrogens (tertiary/aromatic N) is 18. The van der Waals surface area contributed by atoms with Crippen LogP contribution < -0.4 is 34.2 Å².